The van der Waals surface area contributed by atoms with Gasteiger partial charge < -0.3 is 14.8 Å². The average molecular weight is 236 g/mol. The lowest BCUT2D eigenvalue weighted by Gasteiger charge is -2.32. The predicted molar refractivity (Wildman–Crippen MR) is 68.5 cm³/mol. The summed E-state index contributed by atoms with van der Waals surface area (Å²) in [6.07, 6.45) is 4.45. The number of rotatable bonds is 3. The molecule has 5 nitrogen and oxygen atoms in total. The molecule has 0 radical (unpaired) electrons. The van der Waals surface area contributed by atoms with Crippen molar-refractivity contribution >= 4 is 5.82 Å². The van der Waals surface area contributed by atoms with Crippen molar-refractivity contribution in [2.45, 2.75) is 32.9 Å². The van der Waals surface area contributed by atoms with E-state index in [0.29, 0.717) is 11.9 Å². The fourth-order valence-corrected chi connectivity index (χ4v) is 2.19. The molecule has 1 aromatic rings. The Kier molecular flexibility index (Phi) is 3.78. The molecule has 5 heteroatoms. The van der Waals surface area contributed by atoms with Crippen LogP contribution in [-0.4, -0.2) is 35.2 Å². The van der Waals surface area contributed by atoms with Crippen LogP contribution in [-0.2, 0) is 6.54 Å². The Bertz CT molecular complexity index is 429. The highest BCUT2D eigenvalue weighted by molar-refractivity contribution is 5.36. The summed E-state index contributed by atoms with van der Waals surface area (Å²) in [4.78, 5) is 18.5. The Morgan fingerprint density at radius 2 is 2.41 bits per heavy atom. The van der Waals surface area contributed by atoms with Gasteiger partial charge in [0.2, 0.25) is 0 Å². The molecule has 2 rings (SSSR count). The molecule has 1 atom stereocenters. The maximum atomic E-state index is 12.2. The number of piperazine rings is 1. The van der Waals surface area contributed by atoms with E-state index in [2.05, 4.69) is 29.0 Å². The van der Waals surface area contributed by atoms with Crippen LogP contribution >= 0.6 is 0 Å². The monoisotopic (exact) mass is 236 g/mol. The highest BCUT2D eigenvalue weighted by Gasteiger charge is 2.19. The van der Waals surface area contributed by atoms with Crippen molar-refractivity contribution in [3.05, 3.63) is 22.7 Å². The van der Waals surface area contributed by atoms with Crippen LogP contribution in [0.4, 0.5) is 5.82 Å². The summed E-state index contributed by atoms with van der Waals surface area (Å²) in [6, 6.07) is 0.407. The van der Waals surface area contributed by atoms with E-state index in [9.17, 15) is 4.79 Å². The number of nitrogens with one attached hydrogen (secondary N) is 1. The van der Waals surface area contributed by atoms with E-state index in [1.807, 2.05) is 0 Å². The fraction of sp³-hybridized carbons (Fsp3) is 0.667. The Labute approximate surface area is 101 Å². The van der Waals surface area contributed by atoms with Gasteiger partial charge in [-0.25, -0.2) is 4.98 Å². The van der Waals surface area contributed by atoms with Crippen LogP contribution in [0.2, 0.25) is 0 Å². The molecule has 1 N–H and O–H groups in total. The van der Waals surface area contributed by atoms with Crippen LogP contribution < -0.4 is 15.8 Å². The third kappa shape index (κ3) is 2.66. The highest BCUT2D eigenvalue weighted by Crippen LogP contribution is 2.07. The summed E-state index contributed by atoms with van der Waals surface area (Å²) < 4.78 is 1.75. The van der Waals surface area contributed by atoms with Crippen LogP contribution in [0.1, 0.15) is 20.3 Å². The van der Waals surface area contributed by atoms with E-state index in [1.54, 1.807) is 17.0 Å². The van der Waals surface area contributed by atoms with Gasteiger partial charge in [-0.1, -0.05) is 6.92 Å². The minimum atomic E-state index is 0.0310. The molecule has 1 aliphatic heterocycles. The molecule has 0 saturated carbocycles. The first kappa shape index (κ1) is 12.1. The molecule has 0 unspecified atom stereocenters. The van der Waals surface area contributed by atoms with Crippen LogP contribution in [0.3, 0.4) is 0 Å². The lowest BCUT2D eigenvalue weighted by atomic mass is 10.2. The zero-order valence-electron chi connectivity index (χ0n) is 10.5. The number of anilines is 1. The zero-order valence-corrected chi connectivity index (χ0v) is 10.5. The molecule has 1 fully saturated rings. The third-order valence-electron chi connectivity index (χ3n) is 3.03. The van der Waals surface area contributed by atoms with Crippen molar-refractivity contribution < 1.29 is 0 Å². The summed E-state index contributed by atoms with van der Waals surface area (Å²) in [5.41, 5.74) is 0.0310. The molecule has 2 heterocycles. The van der Waals surface area contributed by atoms with Crippen molar-refractivity contribution in [1.82, 2.24) is 14.9 Å². The van der Waals surface area contributed by atoms with E-state index in [0.717, 1.165) is 32.6 Å². The maximum Gasteiger partial charge on any atom is 0.293 e. The molecular weight excluding hydrogens is 216 g/mol. The quantitative estimate of drug-likeness (QED) is 0.828. The van der Waals surface area contributed by atoms with Gasteiger partial charge in [-0.05, 0) is 13.3 Å². The van der Waals surface area contributed by atoms with Crippen LogP contribution in [0, 0.1) is 0 Å². The summed E-state index contributed by atoms with van der Waals surface area (Å²) in [7, 11) is 0. The molecule has 0 spiro atoms. The second-order valence-corrected chi connectivity index (χ2v) is 4.55. The molecule has 0 aliphatic carbocycles. The minimum absolute atomic E-state index is 0.0310. The van der Waals surface area contributed by atoms with Crippen molar-refractivity contribution in [3.63, 3.8) is 0 Å². The Balaban J connectivity index is 2.25. The van der Waals surface area contributed by atoms with Crippen molar-refractivity contribution in [2.75, 3.05) is 24.5 Å². The molecule has 1 aliphatic rings. The molecule has 0 bridgehead atoms. The summed E-state index contributed by atoms with van der Waals surface area (Å²) in [5, 5.41) is 3.36. The van der Waals surface area contributed by atoms with E-state index in [1.165, 1.54) is 0 Å². The molecule has 1 aromatic heterocycles. The lowest BCUT2D eigenvalue weighted by molar-refractivity contribution is 0.479. The molecule has 1 saturated heterocycles. The van der Waals surface area contributed by atoms with Gasteiger partial charge in [0.25, 0.3) is 5.56 Å². The fourth-order valence-electron chi connectivity index (χ4n) is 2.19. The number of aryl methyl sites for hydroxylation is 1. The molecule has 17 heavy (non-hydrogen) atoms. The summed E-state index contributed by atoms with van der Waals surface area (Å²) >= 11 is 0. The van der Waals surface area contributed by atoms with Gasteiger partial charge in [-0.15, -0.1) is 0 Å². The Morgan fingerprint density at radius 3 is 3.12 bits per heavy atom. The summed E-state index contributed by atoms with van der Waals surface area (Å²) in [6.45, 7) is 7.56. The second kappa shape index (κ2) is 5.31. The number of hydrogen-bond acceptors (Lipinski definition) is 4. The number of hydrogen-bond donors (Lipinski definition) is 1. The van der Waals surface area contributed by atoms with Gasteiger partial charge in [0.05, 0.1) is 0 Å². The number of nitrogens with zero attached hydrogens (tertiary/aromatic N) is 3. The molecule has 0 amide bonds. The second-order valence-electron chi connectivity index (χ2n) is 4.55. The first-order valence-electron chi connectivity index (χ1n) is 6.26. The minimum Gasteiger partial charge on any atom is -0.349 e. The Hall–Kier alpha value is -1.36. The SMILES string of the molecule is CCCn1ccnc(N2CCN[C@H](C)C2)c1=O. The van der Waals surface area contributed by atoms with Crippen molar-refractivity contribution in [3.8, 4) is 0 Å². The topological polar surface area (TPSA) is 50.2 Å². The van der Waals surface area contributed by atoms with Crippen LogP contribution in [0.15, 0.2) is 17.2 Å². The van der Waals surface area contributed by atoms with Crippen molar-refractivity contribution in [1.29, 1.82) is 0 Å². The molecule has 94 valence electrons. The van der Waals surface area contributed by atoms with E-state index in [4.69, 9.17) is 0 Å². The third-order valence-corrected chi connectivity index (χ3v) is 3.03. The molecular formula is C12H20N4O. The first-order valence-corrected chi connectivity index (χ1v) is 6.26. The van der Waals surface area contributed by atoms with Gasteiger partial charge in [0, 0.05) is 44.6 Å². The lowest BCUT2D eigenvalue weighted by Crippen LogP contribution is -2.51. The van der Waals surface area contributed by atoms with E-state index in [-0.39, 0.29) is 5.56 Å². The van der Waals surface area contributed by atoms with Gasteiger partial charge in [-0.2, -0.15) is 0 Å². The van der Waals surface area contributed by atoms with Gasteiger partial charge in [0.1, 0.15) is 0 Å². The maximum absolute atomic E-state index is 12.2. The van der Waals surface area contributed by atoms with Crippen LogP contribution in [0.5, 0.6) is 0 Å². The van der Waals surface area contributed by atoms with E-state index < -0.39 is 0 Å². The van der Waals surface area contributed by atoms with Gasteiger partial charge >= 0.3 is 0 Å². The normalized spacial score (nSPS) is 20.6. The highest BCUT2D eigenvalue weighted by atomic mass is 16.1. The average Bonchev–Trinajstić information content (AvgIpc) is 2.32. The summed E-state index contributed by atoms with van der Waals surface area (Å²) in [5.74, 6) is 0.592. The largest absolute Gasteiger partial charge is 0.349 e. The van der Waals surface area contributed by atoms with E-state index >= 15 is 0 Å². The first-order chi connectivity index (χ1) is 8.22. The molecule has 0 aromatic carbocycles. The van der Waals surface area contributed by atoms with Crippen molar-refractivity contribution in [2.24, 2.45) is 0 Å². The zero-order chi connectivity index (χ0) is 12.3. The van der Waals surface area contributed by atoms with Crippen LogP contribution in [0.25, 0.3) is 0 Å². The smallest absolute Gasteiger partial charge is 0.293 e. The van der Waals surface area contributed by atoms with Gasteiger partial charge in [0.15, 0.2) is 5.82 Å². The number of aromatic nitrogens is 2. The van der Waals surface area contributed by atoms with Gasteiger partial charge in [-0.3, -0.25) is 4.79 Å². The standard InChI is InChI=1S/C12H20N4O/c1-3-6-15-7-5-14-11(12(15)17)16-8-4-13-10(2)9-16/h5,7,10,13H,3-4,6,8-9H2,1-2H3/t10-/m1/s1. The predicted octanol–water partition coefficient (Wildman–Crippen LogP) is 0.451. The Morgan fingerprint density at radius 1 is 1.59 bits per heavy atom.